The van der Waals surface area contributed by atoms with Gasteiger partial charge in [0.05, 0.1) is 0 Å². The fraction of sp³-hybridized carbons (Fsp3) is 0.714. The van der Waals surface area contributed by atoms with Crippen molar-refractivity contribution < 1.29 is 14.6 Å². The van der Waals surface area contributed by atoms with E-state index in [4.69, 9.17) is 15.6 Å². The first kappa shape index (κ1) is 9.79. The maximum Gasteiger partial charge on any atom is 0.332 e. The third kappa shape index (κ3) is 2.59. The molecule has 13 heavy (non-hydrogen) atoms. The summed E-state index contributed by atoms with van der Waals surface area (Å²) in [4.78, 5) is 10.3. The maximum absolute atomic E-state index is 10.3. The molecule has 2 unspecified atom stereocenters. The van der Waals surface area contributed by atoms with E-state index in [-0.39, 0.29) is 5.92 Å². The average molecular weight is 187 g/mol. The van der Waals surface area contributed by atoms with Crippen molar-refractivity contribution in [2.45, 2.75) is 26.1 Å². The van der Waals surface area contributed by atoms with Crippen molar-refractivity contribution in [3.63, 3.8) is 0 Å². The standard InChI is InChI=1S/C7H13N3O3/c1-2-4-3-5(11)13-6(4)9-10-7(8)12/h4-5,11H,2-3H2,1H3,(H3,8,10,12)/b9-6-. The SMILES string of the molecule is CCC1CC(O)O/C1=N\NC(N)=O. The quantitative estimate of drug-likeness (QED) is 0.519. The van der Waals surface area contributed by atoms with Crippen molar-refractivity contribution in [2.24, 2.45) is 16.8 Å². The lowest BCUT2D eigenvalue weighted by atomic mass is 10.1. The third-order valence-electron chi connectivity index (χ3n) is 1.86. The largest absolute Gasteiger partial charge is 0.450 e. The first-order chi connectivity index (χ1) is 6.13. The highest BCUT2D eigenvalue weighted by Gasteiger charge is 2.29. The molecule has 6 nitrogen and oxygen atoms in total. The highest BCUT2D eigenvalue weighted by Crippen LogP contribution is 2.22. The molecular weight excluding hydrogens is 174 g/mol. The zero-order chi connectivity index (χ0) is 9.84. The van der Waals surface area contributed by atoms with Gasteiger partial charge in [0.2, 0.25) is 5.90 Å². The van der Waals surface area contributed by atoms with E-state index in [9.17, 15) is 4.79 Å². The Morgan fingerprint density at radius 2 is 2.62 bits per heavy atom. The van der Waals surface area contributed by atoms with Crippen LogP contribution in [0.1, 0.15) is 19.8 Å². The Morgan fingerprint density at radius 1 is 1.92 bits per heavy atom. The minimum Gasteiger partial charge on any atom is -0.450 e. The summed E-state index contributed by atoms with van der Waals surface area (Å²) in [7, 11) is 0. The Kier molecular flexibility index (Phi) is 3.07. The molecular formula is C7H13N3O3. The predicted octanol–water partition coefficient (Wildman–Crippen LogP) is -0.267. The van der Waals surface area contributed by atoms with Gasteiger partial charge in [-0.05, 0) is 6.42 Å². The Balaban J connectivity index is 2.56. The normalized spacial score (nSPS) is 30.2. The zero-order valence-electron chi connectivity index (χ0n) is 7.36. The predicted molar refractivity (Wildman–Crippen MR) is 45.6 cm³/mol. The van der Waals surface area contributed by atoms with E-state index < -0.39 is 12.3 Å². The monoisotopic (exact) mass is 187 g/mol. The van der Waals surface area contributed by atoms with Gasteiger partial charge < -0.3 is 15.6 Å². The number of amides is 2. The Labute approximate surface area is 75.7 Å². The lowest BCUT2D eigenvalue weighted by molar-refractivity contribution is -0.0105. The third-order valence-corrected chi connectivity index (χ3v) is 1.86. The van der Waals surface area contributed by atoms with Crippen LogP contribution in [0, 0.1) is 5.92 Å². The van der Waals surface area contributed by atoms with Gasteiger partial charge in [-0.15, -0.1) is 5.10 Å². The molecule has 0 aromatic heterocycles. The van der Waals surface area contributed by atoms with Crippen LogP contribution < -0.4 is 11.2 Å². The number of nitrogens with zero attached hydrogens (tertiary/aromatic N) is 1. The van der Waals surface area contributed by atoms with Crippen LogP contribution in [0.15, 0.2) is 5.10 Å². The number of carbonyl (C=O) groups is 1. The van der Waals surface area contributed by atoms with Gasteiger partial charge in [0.25, 0.3) is 0 Å². The first-order valence-electron chi connectivity index (χ1n) is 4.11. The number of aliphatic hydroxyl groups excluding tert-OH is 1. The second kappa shape index (κ2) is 4.08. The molecule has 0 bridgehead atoms. The van der Waals surface area contributed by atoms with E-state index in [1.165, 1.54) is 0 Å². The molecule has 0 radical (unpaired) electrons. The number of rotatable bonds is 2. The van der Waals surface area contributed by atoms with Gasteiger partial charge in [0.15, 0.2) is 6.29 Å². The van der Waals surface area contributed by atoms with Crippen molar-refractivity contribution in [2.75, 3.05) is 0 Å². The molecule has 0 aliphatic carbocycles. The lowest BCUT2D eigenvalue weighted by Crippen LogP contribution is -2.26. The van der Waals surface area contributed by atoms with Crippen LogP contribution in [-0.2, 0) is 4.74 Å². The zero-order valence-corrected chi connectivity index (χ0v) is 7.36. The fourth-order valence-electron chi connectivity index (χ4n) is 1.20. The fourth-order valence-corrected chi connectivity index (χ4v) is 1.20. The number of ether oxygens (including phenoxy) is 1. The summed E-state index contributed by atoms with van der Waals surface area (Å²) in [6.07, 6.45) is 0.491. The van der Waals surface area contributed by atoms with E-state index in [1.807, 2.05) is 6.92 Å². The van der Waals surface area contributed by atoms with Crippen molar-refractivity contribution >= 4 is 11.9 Å². The molecule has 0 saturated carbocycles. The smallest absolute Gasteiger partial charge is 0.332 e. The van der Waals surface area contributed by atoms with E-state index in [0.717, 1.165) is 6.42 Å². The van der Waals surface area contributed by atoms with Crippen molar-refractivity contribution in [3.05, 3.63) is 0 Å². The molecule has 1 heterocycles. The Hall–Kier alpha value is -1.30. The van der Waals surface area contributed by atoms with Crippen LogP contribution in [0.4, 0.5) is 4.79 Å². The van der Waals surface area contributed by atoms with Crippen LogP contribution in [-0.4, -0.2) is 23.3 Å². The molecule has 0 spiro atoms. The van der Waals surface area contributed by atoms with Gasteiger partial charge in [-0.2, -0.15) is 0 Å². The maximum atomic E-state index is 10.3. The molecule has 0 aromatic carbocycles. The van der Waals surface area contributed by atoms with Gasteiger partial charge >= 0.3 is 6.03 Å². The number of aliphatic hydroxyl groups is 1. The highest BCUT2D eigenvalue weighted by atomic mass is 16.6. The van der Waals surface area contributed by atoms with Gasteiger partial charge in [-0.3, -0.25) is 0 Å². The second-order valence-electron chi connectivity index (χ2n) is 2.84. The number of urea groups is 1. The van der Waals surface area contributed by atoms with Crippen LogP contribution >= 0.6 is 0 Å². The number of nitrogens with one attached hydrogen (secondary N) is 1. The summed E-state index contributed by atoms with van der Waals surface area (Å²) in [6, 6.07) is -0.743. The number of hydrogen-bond acceptors (Lipinski definition) is 4. The van der Waals surface area contributed by atoms with Gasteiger partial charge in [0, 0.05) is 12.3 Å². The van der Waals surface area contributed by atoms with Crippen molar-refractivity contribution in [1.82, 2.24) is 5.43 Å². The summed E-state index contributed by atoms with van der Waals surface area (Å²) in [5, 5.41) is 12.8. The number of nitrogens with two attached hydrogens (primary N) is 1. The molecule has 2 atom stereocenters. The van der Waals surface area contributed by atoms with E-state index >= 15 is 0 Å². The van der Waals surface area contributed by atoms with Crippen molar-refractivity contribution in [1.29, 1.82) is 0 Å². The van der Waals surface area contributed by atoms with Crippen molar-refractivity contribution in [3.8, 4) is 0 Å². The molecule has 1 saturated heterocycles. The Bertz CT molecular complexity index is 229. The van der Waals surface area contributed by atoms with E-state index in [1.54, 1.807) is 0 Å². The number of hydrogen-bond donors (Lipinski definition) is 3. The molecule has 1 rings (SSSR count). The van der Waals surface area contributed by atoms with E-state index in [0.29, 0.717) is 12.3 Å². The number of hydrazone groups is 1. The number of carbonyl (C=O) groups excluding carboxylic acids is 1. The molecule has 0 aromatic rings. The highest BCUT2D eigenvalue weighted by molar-refractivity contribution is 5.82. The topological polar surface area (TPSA) is 96.9 Å². The molecule has 1 fully saturated rings. The molecule has 4 N–H and O–H groups in total. The van der Waals surface area contributed by atoms with Gasteiger partial charge in [0.1, 0.15) is 0 Å². The van der Waals surface area contributed by atoms with E-state index in [2.05, 4.69) is 10.5 Å². The lowest BCUT2D eigenvalue weighted by Gasteiger charge is -2.03. The molecule has 1 aliphatic heterocycles. The average Bonchev–Trinajstić information content (AvgIpc) is 2.42. The van der Waals surface area contributed by atoms with Crippen LogP contribution in [0.25, 0.3) is 0 Å². The summed E-state index contributed by atoms with van der Waals surface area (Å²) in [5.41, 5.74) is 6.88. The minimum atomic E-state index is -0.821. The van der Waals surface area contributed by atoms with Gasteiger partial charge in [-0.25, -0.2) is 10.2 Å². The first-order valence-corrected chi connectivity index (χ1v) is 4.11. The van der Waals surface area contributed by atoms with Crippen LogP contribution in [0.2, 0.25) is 0 Å². The molecule has 1 aliphatic rings. The molecule has 2 amide bonds. The molecule has 6 heteroatoms. The summed E-state index contributed by atoms with van der Waals surface area (Å²) in [5.74, 6) is 0.399. The number of primary amides is 1. The second-order valence-corrected chi connectivity index (χ2v) is 2.84. The van der Waals surface area contributed by atoms with Crippen LogP contribution in [0.3, 0.4) is 0 Å². The summed E-state index contributed by atoms with van der Waals surface area (Å²) < 4.78 is 4.95. The molecule has 74 valence electrons. The Morgan fingerprint density at radius 3 is 3.15 bits per heavy atom. The van der Waals surface area contributed by atoms with Crippen LogP contribution in [0.5, 0.6) is 0 Å². The minimum absolute atomic E-state index is 0.0573. The van der Waals surface area contributed by atoms with Gasteiger partial charge in [-0.1, -0.05) is 6.92 Å². The summed E-state index contributed by atoms with van der Waals surface area (Å²) in [6.45, 7) is 1.95. The summed E-state index contributed by atoms with van der Waals surface area (Å²) >= 11 is 0.